The molecular formula is C51H81O14P. The van der Waals surface area contributed by atoms with Crippen LogP contribution in [-0.4, -0.2) is 104 Å². The first-order valence-electron chi connectivity index (χ1n) is 24.0. The second-order valence-corrected chi connectivity index (χ2v) is 17.7. The molecule has 8 atom stereocenters. The fourth-order valence-electron chi connectivity index (χ4n) is 6.46. The molecule has 0 spiro atoms. The van der Waals surface area contributed by atoms with Crippen LogP contribution in [0.25, 0.3) is 0 Å². The third kappa shape index (κ3) is 31.4. The number of hydrogen-bond acceptors (Lipinski definition) is 13. The largest absolute Gasteiger partial charge is 0.472 e. The van der Waals surface area contributed by atoms with Crippen LogP contribution in [0, 0.1) is 0 Å². The summed E-state index contributed by atoms with van der Waals surface area (Å²) >= 11 is 0. The minimum atomic E-state index is -5.19. The molecule has 0 aliphatic heterocycles. The second kappa shape index (κ2) is 39.4. The average molecular weight is 949 g/mol. The van der Waals surface area contributed by atoms with Crippen LogP contribution < -0.4 is 0 Å². The van der Waals surface area contributed by atoms with E-state index in [1.54, 1.807) is 12.2 Å². The van der Waals surface area contributed by atoms with Crippen LogP contribution in [0.1, 0.15) is 149 Å². The van der Waals surface area contributed by atoms with Gasteiger partial charge in [0.1, 0.15) is 43.2 Å². The van der Waals surface area contributed by atoms with Crippen molar-refractivity contribution in [3.8, 4) is 0 Å². The fourth-order valence-corrected chi connectivity index (χ4v) is 7.43. The lowest BCUT2D eigenvalue weighted by atomic mass is 9.85. The number of phosphoric ester groups is 1. The third-order valence-corrected chi connectivity index (χ3v) is 11.4. The van der Waals surface area contributed by atoms with Gasteiger partial charge >= 0.3 is 19.8 Å². The van der Waals surface area contributed by atoms with Crippen molar-refractivity contribution < 1.29 is 67.9 Å². The maximum atomic E-state index is 12.8. The summed E-state index contributed by atoms with van der Waals surface area (Å²) in [5.74, 6) is -1.58. The van der Waals surface area contributed by atoms with Crippen molar-refractivity contribution in [2.45, 2.75) is 191 Å². The lowest BCUT2D eigenvalue weighted by Gasteiger charge is -2.41. The summed E-state index contributed by atoms with van der Waals surface area (Å²) in [5, 5.41) is 50.2. The molecule has 374 valence electrons. The van der Waals surface area contributed by atoms with Gasteiger partial charge in [-0.15, -0.1) is 0 Å². The molecule has 15 heteroatoms. The lowest BCUT2D eigenvalue weighted by molar-refractivity contribution is -0.220. The van der Waals surface area contributed by atoms with Gasteiger partial charge in [0.25, 0.3) is 0 Å². The zero-order chi connectivity index (χ0) is 48.7. The van der Waals surface area contributed by atoms with Crippen LogP contribution in [0.4, 0.5) is 0 Å². The molecule has 0 aromatic rings. The molecule has 6 N–H and O–H groups in total. The van der Waals surface area contributed by atoms with Crippen molar-refractivity contribution >= 4 is 25.5 Å². The van der Waals surface area contributed by atoms with Crippen molar-refractivity contribution in [2.75, 3.05) is 13.2 Å². The summed E-state index contributed by atoms with van der Waals surface area (Å²) in [6, 6.07) is 0. The summed E-state index contributed by atoms with van der Waals surface area (Å²) in [6.45, 7) is 2.99. The quantitative estimate of drug-likeness (QED) is 0.00848. The molecule has 1 rings (SSSR count). The van der Waals surface area contributed by atoms with Gasteiger partial charge in [-0.05, 0) is 89.5 Å². The molecule has 1 fully saturated rings. The molecule has 66 heavy (non-hydrogen) atoms. The summed E-state index contributed by atoms with van der Waals surface area (Å²) in [7, 11) is -5.19. The van der Waals surface area contributed by atoms with Crippen LogP contribution in [0.3, 0.4) is 0 Å². The van der Waals surface area contributed by atoms with E-state index >= 15 is 0 Å². The first-order chi connectivity index (χ1) is 31.8. The number of phosphoric acid groups is 1. The van der Waals surface area contributed by atoms with Crippen molar-refractivity contribution in [3.05, 3.63) is 97.2 Å². The number of aliphatic hydroxyl groups is 5. The molecule has 0 amide bonds. The predicted octanol–water partition coefficient (Wildman–Crippen LogP) is 9.01. The molecule has 0 bridgehead atoms. The normalized spacial score (nSPS) is 22.1. The number of allylic oxidation sites excluding steroid dienone is 16. The summed E-state index contributed by atoms with van der Waals surface area (Å²) in [5.41, 5.74) is 0. The maximum Gasteiger partial charge on any atom is 0.472 e. The van der Waals surface area contributed by atoms with Crippen LogP contribution in [0.15, 0.2) is 97.2 Å². The van der Waals surface area contributed by atoms with Gasteiger partial charge in [0.05, 0.1) is 6.61 Å². The highest BCUT2D eigenvalue weighted by Crippen LogP contribution is 2.47. The second-order valence-electron chi connectivity index (χ2n) is 16.3. The Morgan fingerprint density at radius 3 is 1.48 bits per heavy atom. The summed E-state index contributed by atoms with van der Waals surface area (Å²) in [4.78, 5) is 48.0. The number of esters is 2. The molecule has 1 aliphatic carbocycles. The minimum Gasteiger partial charge on any atom is -0.462 e. The SMILES string of the molecule is CCCCC/C=C\C/C=C\C/C=C\C=C\C(=O)CCCC(=O)OC[C@H](COP(=O)(O)OC1[C@H](O)[C@H](O)C(O)[C@H](O)[C@H]1O)OC(=O)CCCCC/C=C\C/C=C\C/C=C\C/C=C\CCCCC. The minimum absolute atomic E-state index is 0.00326. The Balaban J connectivity index is 2.57. The van der Waals surface area contributed by atoms with Gasteiger partial charge in [0.15, 0.2) is 11.9 Å². The van der Waals surface area contributed by atoms with Crippen molar-refractivity contribution in [2.24, 2.45) is 0 Å². The number of ketones is 1. The smallest absolute Gasteiger partial charge is 0.462 e. The van der Waals surface area contributed by atoms with Gasteiger partial charge in [-0.2, -0.15) is 0 Å². The number of ether oxygens (including phenoxy) is 2. The van der Waals surface area contributed by atoms with Gasteiger partial charge in [-0.25, -0.2) is 4.57 Å². The van der Waals surface area contributed by atoms with E-state index in [9.17, 15) is 49.4 Å². The highest BCUT2D eigenvalue weighted by Gasteiger charge is 2.51. The maximum absolute atomic E-state index is 12.8. The molecular weight excluding hydrogens is 868 g/mol. The van der Waals surface area contributed by atoms with Crippen LogP contribution in [-0.2, 0) is 37.5 Å². The number of aliphatic hydroxyl groups excluding tert-OH is 5. The molecule has 3 unspecified atom stereocenters. The van der Waals surface area contributed by atoms with E-state index < -0.39 is 75.7 Å². The lowest BCUT2D eigenvalue weighted by Crippen LogP contribution is -2.64. The standard InChI is InChI=1S/C51H81O14P/c1-3-5-7-9-11-13-15-17-18-19-20-21-22-24-26-28-30-32-34-38-45(54)64-43(41-63-66(60,61)65-51-49(58)47(56)46(55)48(57)50(51)59)40-62-44(53)39-35-37-42(52)36-33-31-29-27-25-23-16-14-12-10-8-6-4-2/h11-14,17-18,20-21,23-26,29,31,33,36,43,46-51,55-59H,3-10,15-16,19,22,27-28,30,32,34-35,37-41H2,1-2H3,(H,60,61)/b13-11-,14-12-,18-17-,21-20-,25-23-,26-24-,31-29-,36-33+/t43-,46?,47-,48+,49-,50-,51?/m1/s1. The average Bonchev–Trinajstić information content (AvgIpc) is 3.29. The third-order valence-electron chi connectivity index (χ3n) is 10.4. The molecule has 0 radical (unpaired) electrons. The first kappa shape index (κ1) is 60.5. The van der Waals surface area contributed by atoms with E-state index in [4.69, 9.17) is 18.5 Å². The van der Waals surface area contributed by atoms with Gasteiger partial charge in [0, 0.05) is 19.3 Å². The van der Waals surface area contributed by atoms with Crippen LogP contribution in [0.5, 0.6) is 0 Å². The van der Waals surface area contributed by atoms with Crippen LogP contribution in [0.2, 0.25) is 0 Å². The zero-order valence-electron chi connectivity index (χ0n) is 39.4. The predicted molar refractivity (Wildman–Crippen MR) is 258 cm³/mol. The van der Waals surface area contributed by atoms with Crippen molar-refractivity contribution in [1.82, 2.24) is 0 Å². The van der Waals surface area contributed by atoms with Gasteiger partial charge in [0.2, 0.25) is 0 Å². The molecule has 0 aromatic carbocycles. The molecule has 14 nitrogen and oxygen atoms in total. The Kier molecular flexibility index (Phi) is 36.1. The number of carbonyl (C=O) groups is 3. The Morgan fingerprint density at radius 1 is 0.515 bits per heavy atom. The van der Waals surface area contributed by atoms with E-state index in [2.05, 4.69) is 86.8 Å². The van der Waals surface area contributed by atoms with Crippen molar-refractivity contribution in [3.63, 3.8) is 0 Å². The molecule has 1 saturated carbocycles. The zero-order valence-corrected chi connectivity index (χ0v) is 40.3. The molecule has 0 heterocycles. The van der Waals surface area contributed by atoms with Crippen LogP contribution >= 0.6 is 7.82 Å². The Bertz CT molecular complexity index is 1580. The van der Waals surface area contributed by atoms with Gasteiger partial charge < -0.3 is 39.9 Å². The summed E-state index contributed by atoms with van der Waals surface area (Å²) < 4.78 is 33.3. The molecule has 0 aromatic heterocycles. The number of carbonyl (C=O) groups excluding carboxylic acids is 3. The molecule has 0 saturated heterocycles. The van der Waals surface area contributed by atoms with Gasteiger partial charge in [-0.3, -0.25) is 23.4 Å². The topological polar surface area (TPSA) is 227 Å². The van der Waals surface area contributed by atoms with E-state index in [1.165, 1.54) is 44.6 Å². The number of rotatable bonds is 38. The van der Waals surface area contributed by atoms with E-state index in [1.807, 2.05) is 6.08 Å². The van der Waals surface area contributed by atoms with Gasteiger partial charge in [-0.1, -0.05) is 137 Å². The molecule has 1 aliphatic rings. The highest BCUT2D eigenvalue weighted by atomic mass is 31.2. The van der Waals surface area contributed by atoms with E-state index in [0.717, 1.165) is 64.2 Å². The van der Waals surface area contributed by atoms with E-state index in [0.29, 0.717) is 6.42 Å². The monoisotopic (exact) mass is 949 g/mol. The first-order valence-corrected chi connectivity index (χ1v) is 25.5. The Morgan fingerprint density at radius 2 is 0.970 bits per heavy atom. The number of unbranched alkanes of at least 4 members (excludes halogenated alkanes) is 9. The fraction of sp³-hybridized carbons (Fsp3) is 0.627. The Labute approximate surface area is 394 Å². The van der Waals surface area contributed by atoms with Crippen molar-refractivity contribution in [1.29, 1.82) is 0 Å². The highest BCUT2D eigenvalue weighted by molar-refractivity contribution is 7.47. The number of hydrogen-bond donors (Lipinski definition) is 6. The Hall–Kier alpha value is -3.56. The van der Waals surface area contributed by atoms with E-state index in [-0.39, 0.29) is 31.5 Å². The summed E-state index contributed by atoms with van der Waals surface area (Å²) in [6.07, 6.45) is 35.9.